The van der Waals surface area contributed by atoms with E-state index in [4.69, 9.17) is 9.47 Å². The molecule has 4 aromatic rings. The van der Waals surface area contributed by atoms with Gasteiger partial charge in [0.2, 0.25) is 0 Å². The Labute approximate surface area is 263 Å². The zero-order chi connectivity index (χ0) is 30.3. The number of anilines is 1. The summed E-state index contributed by atoms with van der Waals surface area (Å²) in [5.41, 5.74) is 2.69. The topological polar surface area (TPSA) is 76.9 Å². The van der Waals surface area contributed by atoms with E-state index in [1.807, 2.05) is 41.7 Å². The average molecular weight is 641 g/mol. The molecule has 2 aromatic heterocycles. The molecule has 1 aliphatic rings. The van der Waals surface area contributed by atoms with Crippen LogP contribution >= 0.6 is 23.5 Å². The number of benzene rings is 2. The second-order valence-corrected chi connectivity index (χ2v) is 15.6. The van der Waals surface area contributed by atoms with Crippen LogP contribution in [0, 0.1) is 0 Å². The molecule has 1 fully saturated rings. The smallest absolute Gasteiger partial charge is 0.281 e. The number of fused-ring (bicyclic) bond motifs is 1. The first-order chi connectivity index (χ1) is 20.8. The summed E-state index contributed by atoms with van der Waals surface area (Å²) >= 11 is 3.98. The molecule has 0 radical (unpaired) electrons. The SMILES string of the molecule is COCCOc1cc(N(C)S(=O)(=O)c2ccccn2)c2c(ccn2CC(C)(CN2CCSCC2)SCc2ccccc2)c1. The third-order valence-electron chi connectivity index (χ3n) is 7.57. The number of ether oxygens (including phenoxy) is 2. The summed E-state index contributed by atoms with van der Waals surface area (Å²) in [6.45, 7) is 6.95. The number of thioether (sulfide) groups is 2. The Bertz CT molecular complexity index is 1580. The molecule has 8 nitrogen and oxygen atoms in total. The zero-order valence-electron chi connectivity index (χ0n) is 25.0. The lowest BCUT2D eigenvalue weighted by Gasteiger charge is -2.37. The molecule has 1 atom stereocenters. The quantitative estimate of drug-likeness (QED) is 0.164. The summed E-state index contributed by atoms with van der Waals surface area (Å²) in [6, 6.07) is 21.3. The number of hydrogen-bond acceptors (Lipinski definition) is 8. The maximum atomic E-state index is 13.8. The lowest BCUT2D eigenvalue weighted by molar-refractivity contribution is 0.146. The molecule has 0 spiro atoms. The molecule has 0 saturated carbocycles. The molecule has 1 unspecified atom stereocenters. The fourth-order valence-corrected chi connectivity index (χ4v) is 8.65. The van der Waals surface area contributed by atoms with E-state index in [0.717, 1.165) is 47.8 Å². The van der Waals surface area contributed by atoms with Crippen molar-refractivity contribution in [3.8, 4) is 5.75 Å². The maximum Gasteiger partial charge on any atom is 0.281 e. The lowest BCUT2D eigenvalue weighted by atomic mass is 10.1. The summed E-state index contributed by atoms with van der Waals surface area (Å²) in [7, 11) is -0.707. The first kappa shape index (κ1) is 31.7. The molecular formula is C32H40N4O4S3. The minimum atomic E-state index is -3.92. The zero-order valence-corrected chi connectivity index (χ0v) is 27.5. The van der Waals surface area contributed by atoms with Gasteiger partial charge in [-0.3, -0.25) is 4.31 Å². The van der Waals surface area contributed by atoms with Crippen molar-refractivity contribution in [2.24, 2.45) is 0 Å². The fourth-order valence-electron chi connectivity index (χ4n) is 5.33. The number of pyridine rings is 1. The highest BCUT2D eigenvalue weighted by atomic mass is 32.2. The molecule has 0 amide bonds. The number of rotatable bonds is 14. The number of methoxy groups -OCH3 is 1. The van der Waals surface area contributed by atoms with E-state index in [0.29, 0.717) is 31.2 Å². The summed E-state index contributed by atoms with van der Waals surface area (Å²) in [4.78, 5) is 6.72. The highest BCUT2D eigenvalue weighted by Gasteiger charge is 2.32. The van der Waals surface area contributed by atoms with Crippen LogP contribution in [0.1, 0.15) is 12.5 Å². The van der Waals surface area contributed by atoms with Crippen LogP contribution in [0.5, 0.6) is 5.75 Å². The molecule has 11 heteroatoms. The predicted molar refractivity (Wildman–Crippen MR) is 179 cm³/mol. The van der Waals surface area contributed by atoms with Crippen LogP contribution in [-0.2, 0) is 27.1 Å². The number of hydrogen-bond donors (Lipinski definition) is 0. The molecule has 0 bridgehead atoms. The van der Waals surface area contributed by atoms with Crippen molar-refractivity contribution in [1.29, 1.82) is 0 Å². The van der Waals surface area contributed by atoms with Crippen molar-refractivity contribution in [2.75, 3.05) is 62.8 Å². The molecule has 5 rings (SSSR count). The molecule has 1 saturated heterocycles. The first-order valence-electron chi connectivity index (χ1n) is 14.4. The van der Waals surface area contributed by atoms with Gasteiger partial charge in [0.15, 0.2) is 5.03 Å². The number of nitrogens with zero attached hydrogens (tertiary/aromatic N) is 4. The van der Waals surface area contributed by atoms with Gasteiger partial charge < -0.3 is 18.9 Å². The van der Waals surface area contributed by atoms with Gasteiger partial charge in [0.05, 0.1) is 17.8 Å². The standard InChI is InChI=1S/C32H40N4O4S3/c1-32(24-35-15-19-41-20-16-35,42-23-26-9-5-4-6-10-26)25-36-14-12-27-21-28(40-18-17-39-3)22-29(31(27)36)34(2)43(37,38)30-11-7-8-13-33-30/h4-14,21-22H,15-20,23-25H2,1-3H3. The first-order valence-corrected chi connectivity index (χ1v) is 18.0. The van der Waals surface area contributed by atoms with Gasteiger partial charge in [0.25, 0.3) is 10.0 Å². The summed E-state index contributed by atoms with van der Waals surface area (Å²) in [6.07, 6.45) is 3.57. The third kappa shape index (κ3) is 7.88. The summed E-state index contributed by atoms with van der Waals surface area (Å²) in [5.74, 6) is 3.79. The van der Waals surface area contributed by atoms with Gasteiger partial charge in [0, 0.05) is 86.2 Å². The normalized spacial score (nSPS) is 15.8. The van der Waals surface area contributed by atoms with Gasteiger partial charge >= 0.3 is 0 Å². The van der Waals surface area contributed by atoms with Crippen molar-refractivity contribution < 1.29 is 17.9 Å². The number of sulfonamides is 1. The summed E-state index contributed by atoms with van der Waals surface area (Å²) in [5, 5.41) is 0.915. The minimum absolute atomic E-state index is 0.000633. The van der Waals surface area contributed by atoms with Crippen molar-refractivity contribution in [2.45, 2.75) is 29.0 Å². The van der Waals surface area contributed by atoms with Crippen molar-refractivity contribution in [1.82, 2.24) is 14.5 Å². The van der Waals surface area contributed by atoms with Crippen LogP contribution in [0.3, 0.4) is 0 Å². The van der Waals surface area contributed by atoms with Crippen molar-refractivity contribution >= 4 is 50.1 Å². The van der Waals surface area contributed by atoms with E-state index in [1.54, 1.807) is 26.3 Å². The Morgan fingerprint density at radius 2 is 1.79 bits per heavy atom. The average Bonchev–Trinajstić information content (AvgIpc) is 3.43. The maximum absolute atomic E-state index is 13.8. The molecule has 0 aliphatic carbocycles. The summed E-state index contributed by atoms with van der Waals surface area (Å²) < 4.78 is 42.1. The van der Waals surface area contributed by atoms with Crippen molar-refractivity contribution in [3.05, 3.63) is 84.7 Å². The van der Waals surface area contributed by atoms with Crippen LogP contribution in [0.15, 0.2) is 84.1 Å². The third-order valence-corrected chi connectivity index (χ3v) is 11.6. The van der Waals surface area contributed by atoms with Crippen LogP contribution in [0.4, 0.5) is 5.69 Å². The second-order valence-electron chi connectivity index (χ2n) is 10.9. The fraction of sp³-hybridized carbons (Fsp3) is 0.406. The van der Waals surface area contributed by atoms with Crippen LogP contribution in [-0.4, -0.2) is 86.1 Å². The largest absolute Gasteiger partial charge is 0.491 e. The molecular weight excluding hydrogens is 601 g/mol. The van der Waals surface area contributed by atoms with Gasteiger partial charge in [-0.15, -0.1) is 11.8 Å². The lowest BCUT2D eigenvalue weighted by Crippen LogP contribution is -2.45. The van der Waals surface area contributed by atoms with Gasteiger partial charge in [-0.05, 0) is 36.8 Å². The van der Waals surface area contributed by atoms with Gasteiger partial charge in [-0.25, -0.2) is 4.98 Å². The Morgan fingerprint density at radius 3 is 2.51 bits per heavy atom. The van der Waals surface area contributed by atoms with E-state index < -0.39 is 10.0 Å². The second kappa shape index (κ2) is 14.4. The van der Waals surface area contributed by atoms with Gasteiger partial charge in [-0.2, -0.15) is 20.2 Å². The van der Waals surface area contributed by atoms with Crippen LogP contribution < -0.4 is 9.04 Å². The number of aromatic nitrogens is 2. The molecule has 0 N–H and O–H groups in total. The predicted octanol–water partition coefficient (Wildman–Crippen LogP) is 5.63. The Balaban J connectivity index is 1.53. The monoisotopic (exact) mass is 640 g/mol. The molecule has 2 aromatic carbocycles. The Kier molecular flexibility index (Phi) is 10.6. The highest BCUT2D eigenvalue weighted by molar-refractivity contribution is 8.00. The Morgan fingerprint density at radius 1 is 1.02 bits per heavy atom. The van der Waals surface area contributed by atoms with E-state index >= 15 is 0 Å². The molecule has 1 aliphatic heterocycles. The van der Waals surface area contributed by atoms with E-state index in [1.165, 1.54) is 22.1 Å². The molecule has 230 valence electrons. The van der Waals surface area contributed by atoms with E-state index in [-0.39, 0.29) is 9.77 Å². The van der Waals surface area contributed by atoms with Crippen LogP contribution in [0.2, 0.25) is 0 Å². The molecule has 3 heterocycles. The van der Waals surface area contributed by atoms with Crippen molar-refractivity contribution in [3.63, 3.8) is 0 Å². The van der Waals surface area contributed by atoms with Gasteiger partial charge in [0.1, 0.15) is 12.4 Å². The van der Waals surface area contributed by atoms with Crippen LogP contribution in [0.25, 0.3) is 10.9 Å². The van der Waals surface area contributed by atoms with E-state index in [2.05, 4.69) is 57.9 Å². The highest BCUT2D eigenvalue weighted by Crippen LogP contribution is 2.38. The van der Waals surface area contributed by atoms with E-state index in [9.17, 15) is 8.42 Å². The van der Waals surface area contributed by atoms with Gasteiger partial charge in [-0.1, -0.05) is 36.4 Å². The Hall–Kier alpha value is -2.70. The minimum Gasteiger partial charge on any atom is -0.491 e. The molecule has 43 heavy (non-hydrogen) atoms.